The molecule has 2 N–H and O–H groups in total. The highest BCUT2D eigenvalue weighted by Crippen LogP contribution is 2.52. The lowest BCUT2D eigenvalue weighted by Crippen LogP contribution is -2.64. The molecular formula is C19H28N4O. The van der Waals surface area contributed by atoms with Gasteiger partial charge in [0.25, 0.3) is 0 Å². The van der Waals surface area contributed by atoms with E-state index in [0.29, 0.717) is 17.4 Å². The van der Waals surface area contributed by atoms with Gasteiger partial charge < -0.3 is 19.7 Å². The number of nitrogens with one attached hydrogen (secondary N) is 1. The van der Waals surface area contributed by atoms with E-state index in [4.69, 9.17) is 0 Å². The van der Waals surface area contributed by atoms with Crippen molar-refractivity contribution in [1.29, 1.82) is 0 Å². The molecule has 2 aromatic rings. The average molecular weight is 328 g/mol. The molecule has 3 heterocycles. The van der Waals surface area contributed by atoms with Gasteiger partial charge in [0.15, 0.2) is 0 Å². The van der Waals surface area contributed by atoms with Crippen LogP contribution in [-0.4, -0.2) is 51.2 Å². The number of hydrogen-bond acceptors (Lipinski definition) is 4. The summed E-state index contributed by atoms with van der Waals surface area (Å²) < 4.78 is 2.11. The van der Waals surface area contributed by atoms with Gasteiger partial charge >= 0.3 is 0 Å². The van der Waals surface area contributed by atoms with Crippen molar-refractivity contribution in [3.63, 3.8) is 0 Å². The summed E-state index contributed by atoms with van der Waals surface area (Å²) in [7, 11) is 2.21. The number of hydrogen-bond donors (Lipinski definition) is 2. The van der Waals surface area contributed by atoms with Crippen molar-refractivity contribution in [2.24, 2.45) is 11.3 Å². The second-order valence-corrected chi connectivity index (χ2v) is 8.10. The predicted octanol–water partition coefficient (Wildman–Crippen LogP) is 1.90. The molecule has 0 amide bonds. The zero-order valence-corrected chi connectivity index (χ0v) is 14.8. The number of rotatable bonds is 4. The van der Waals surface area contributed by atoms with Crippen LogP contribution in [0.25, 0.3) is 5.65 Å². The Morgan fingerprint density at radius 3 is 2.96 bits per heavy atom. The van der Waals surface area contributed by atoms with E-state index in [-0.39, 0.29) is 12.1 Å². The van der Waals surface area contributed by atoms with E-state index in [1.807, 2.05) is 24.5 Å². The lowest BCUT2D eigenvalue weighted by atomic mass is 9.66. The van der Waals surface area contributed by atoms with E-state index in [1.54, 1.807) is 0 Å². The zero-order chi connectivity index (χ0) is 16.9. The Kier molecular flexibility index (Phi) is 3.90. The molecule has 5 heteroatoms. The molecule has 24 heavy (non-hydrogen) atoms. The fraction of sp³-hybridized carbons (Fsp3) is 0.632. The van der Waals surface area contributed by atoms with Crippen LogP contribution in [-0.2, 0) is 6.54 Å². The number of likely N-dealkylation sites (tertiary alicyclic amines) is 1. The third-order valence-electron chi connectivity index (χ3n) is 6.06. The number of aliphatic hydroxyl groups is 1. The van der Waals surface area contributed by atoms with Gasteiger partial charge in [0.1, 0.15) is 5.65 Å². The molecule has 4 rings (SSSR count). The average Bonchev–Trinajstić information content (AvgIpc) is 3.10. The van der Waals surface area contributed by atoms with Gasteiger partial charge in [-0.25, -0.2) is 4.98 Å². The van der Waals surface area contributed by atoms with Crippen molar-refractivity contribution in [1.82, 2.24) is 19.6 Å². The van der Waals surface area contributed by atoms with E-state index in [9.17, 15) is 5.11 Å². The summed E-state index contributed by atoms with van der Waals surface area (Å²) in [5.74, 6) is 0.634. The molecule has 1 aliphatic carbocycles. The number of imidazole rings is 1. The molecule has 130 valence electrons. The Bertz CT molecular complexity index is 722. The largest absolute Gasteiger partial charge is 0.391 e. The second kappa shape index (κ2) is 5.83. The summed E-state index contributed by atoms with van der Waals surface area (Å²) in [4.78, 5) is 6.79. The van der Waals surface area contributed by atoms with Gasteiger partial charge in [-0.1, -0.05) is 19.9 Å². The number of pyridine rings is 1. The van der Waals surface area contributed by atoms with E-state index >= 15 is 0 Å². The van der Waals surface area contributed by atoms with Crippen LogP contribution in [0.15, 0.2) is 30.6 Å². The van der Waals surface area contributed by atoms with Crippen LogP contribution in [0.2, 0.25) is 0 Å². The molecule has 1 aliphatic heterocycles. The first-order chi connectivity index (χ1) is 11.5. The van der Waals surface area contributed by atoms with Crippen molar-refractivity contribution in [2.45, 2.75) is 51.4 Å². The minimum absolute atomic E-state index is 0.179. The number of aliphatic hydroxyl groups excluding tert-OH is 1. The van der Waals surface area contributed by atoms with Crippen LogP contribution in [0.5, 0.6) is 0 Å². The molecular weight excluding hydrogens is 300 g/mol. The summed E-state index contributed by atoms with van der Waals surface area (Å²) in [6.07, 6.45) is 5.57. The highest BCUT2D eigenvalue weighted by atomic mass is 16.3. The SMILES string of the molecule is CC(C)C1N(C)CC12C[C@@H](O)[C@H](NCc1cccc3nccn13)C2. The van der Waals surface area contributed by atoms with Crippen LogP contribution in [0.4, 0.5) is 0 Å². The molecule has 1 spiro atoms. The van der Waals surface area contributed by atoms with Crippen LogP contribution in [0.3, 0.4) is 0 Å². The Morgan fingerprint density at radius 2 is 2.21 bits per heavy atom. The van der Waals surface area contributed by atoms with Crippen molar-refractivity contribution >= 4 is 5.65 Å². The summed E-state index contributed by atoms with van der Waals surface area (Å²) in [5, 5.41) is 14.2. The summed E-state index contributed by atoms with van der Waals surface area (Å²) >= 11 is 0. The molecule has 0 aromatic carbocycles. The quantitative estimate of drug-likeness (QED) is 0.900. The first-order valence-corrected chi connectivity index (χ1v) is 9.03. The predicted molar refractivity (Wildman–Crippen MR) is 94.7 cm³/mol. The van der Waals surface area contributed by atoms with Crippen LogP contribution >= 0.6 is 0 Å². The van der Waals surface area contributed by atoms with Gasteiger partial charge in [0.2, 0.25) is 0 Å². The van der Waals surface area contributed by atoms with Crippen molar-refractivity contribution in [2.75, 3.05) is 13.6 Å². The second-order valence-electron chi connectivity index (χ2n) is 8.10. The molecule has 2 aliphatic rings. The zero-order valence-electron chi connectivity index (χ0n) is 14.8. The molecule has 0 bridgehead atoms. The van der Waals surface area contributed by atoms with E-state index in [2.05, 4.69) is 46.6 Å². The number of nitrogens with zero attached hydrogens (tertiary/aromatic N) is 3. The molecule has 2 fully saturated rings. The molecule has 4 atom stereocenters. The molecule has 2 aromatic heterocycles. The highest BCUT2D eigenvalue weighted by Gasteiger charge is 2.57. The maximum atomic E-state index is 10.6. The summed E-state index contributed by atoms with van der Waals surface area (Å²) in [6.45, 7) is 6.47. The monoisotopic (exact) mass is 328 g/mol. The van der Waals surface area contributed by atoms with E-state index < -0.39 is 0 Å². The lowest BCUT2D eigenvalue weighted by Gasteiger charge is -2.57. The van der Waals surface area contributed by atoms with Crippen molar-refractivity contribution in [3.8, 4) is 0 Å². The Labute approximate surface area is 143 Å². The molecule has 5 nitrogen and oxygen atoms in total. The first-order valence-electron chi connectivity index (χ1n) is 9.03. The van der Waals surface area contributed by atoms with Gasteiger partial charge in [-0.05, 0) is 37.9 Å². The summed E-state index contributed by atoms with van der Waals surface area (Å²) in [5.41, 5.74) is 2.45. The van der Waals surface area contributed by atoms with Gasteiger partial charge in [-0.15, -0.1) is 0 Å². The van der Waals surface area contributed by atoms with Crippen molar-refractivity contribution < 1.29 is 5.11 Å². The van der Waals surface area contributed by atoms with Crippen LogP contribution in [0.1, 0.15) is 32.4 Å². The molecule has 0 radical (unpaired) electrons. The minimum atomic E-state index is -0.248. The third-order valence-corrected chi connectivity index (χ3v) is 6.06. The maximum Gasteiger partial charge on any atom is 0.136 e. The Morgan fingerprint density at radius 1 is 1.38 bits per heavy atom. The van der Waals surface area contributed by atoms with Gasteiger partial charge in [-0.2, -0.15) is 0 Å². The standard InChI is InChI=1S/C19H28N4O/c1-13(2)18-19(12-22(18)3)9-15(16(24)10-19)21-11-14-5-4-6-17-20-7-8-23(14)17/h4-8,13,15-16,18,21,24H,9-12H2,1-3H3/t15-,16-,18?,19?/m1/s1. The molecule has 1 saturated heterocycles. The smallest absolute Gasteiger partial charge is 0.136 e. The minimum Gasteiger partial charge on any atom is -0.391 e. The number of aromatic nitrogens is 2. The fourth-order valence-corrected chi connectivity index (χ4v) is 5.44. The van der Waals surface area contributed by atoms with Crippen molar-refractivity contribution in [3.05, 3.63) is 36.3 Å². The summed E-state index contributed by atoms with van der Waals surface area (Å²) in [6, 6.07) is 6.95. The normalized spacial score (nSPS) is 33.6. The third kappa shape index (κ3) is 2.46. The van der Waals surface area contributed by atoms with Gasteiger partial charge in [0.05, 0.1) is 6.10 Å². The van der Waals surface area contributed by atoms with E-state index in [0.717, 1.165) is 31.6 Å². The Hall–Kier alpha value is -1.43. The molecule has 1 saturated carbocycles. The number of fused-ring (bicyclic) bond motifs is 1. The first kappa shape index (κ1) is 16.1. The lowest BCUT2D eigenvalue weighted by molar-refractivity contribution is -0.0828. The highest BCUT2D eigenvalue weighted by molar-refractivity contribution is 5.39. The Balaban J connectivity index is 1.45. The van der Waals surface area contributed by atoms with Gasteiger partial charge in [-0.3, -0.25) is 0 Å². The topological polar surface area (TPSA) is 52.8 Å². The van der Waals surface area contributed by atoms with Gasteiger partial charge in [0, 0.05) is 48.7 Å². The van der Waals surface area contributed by atoms with Crippen LogP contribution < -0.4 is 5.32 Å². The maximum absolute atomic E-state index is 10.6. The molecule has 2 unspecified atom stereocenters. The fourth-order valence-electron chi connectivity index (χ4n) is 5.44. The van der Waals surface area contributed by atoms with Crippen LogP contribution in [0, 0.1) is 11.3 Å². The van der Waals surface area contributed by atoms with E-state index in [1.165, 1.54) is 5.69 Å².